The Morgan fingerprint density at radius 2 is 1.97 bits per heavy atom. The Bertz CT molecular complexity index is 1140. The number of hydrogen-bond acceptors (Lipinski definition) is 4. The minimum Gasteiger partial charge on any atom is -0.481 e. The van der Waals surface area contributed by atoms with Crippen molar-refractivity contribution in [1.82, 2.24) is 0 Å². The molecule has 0 saturated carbocycles. The Morgan fingerprint density at radius 1 is 1.26 bits per heavy atom. The number of carboxylic acids is 1. The van der Waals surface area contributed by atoms with Crippen LogP contribution in [0.15, 0.2) is 42.5 Å². The number of rotatable bonds is 4. The number of hydrogen-bond donors (Lipinski definition) is 1. The number of fused-ring (bicyclic) bond motifs is 3. The number of aliphatic carboxylic acids is 1. The molecule has 0 amide bonds. The van der Waals surface area contributed by atoms with Crippen LogP contribution in [0.1, 0.15) is 51.2 Å². The molecule has 0 fully saturated rings. The van der Waals surface area contributed by atoms with Crippen LogP contribution in [0.2, 0.25) is 5.02 Å². The van der Waals surface area contributed by atoms with Gasteiger partial charge in [-0.25, -0.2) is 9.45 Å². The highest BCUT2D eigenvalue weighted by Gasteiger charge is 2.45. The van der Waals surface area contributed by atoms with E-state index in [0.29, 0.717) is 10.6 Å². The van der Waals surface area contributed by atoms with Crippen LogP contribution in [-0.2, 0) is 9.63 Å². The van der Waals surface area contributed by atoms with E-state index in [0.717, 1.165) is 20.7 Å². The molecule has 1 N–H and O–H groups in total. The fraction of sp³-hybridized carbons (Fsp3) is 0.375. The third-order valence-electron chi connectivity index (χ3n) is 5.62. The molecule has 0 radical (unpaired) electrons. The highest BCUT2D eigenvalue weighted by Crippen LogP contribution is 2.54. The normalized spacial score (nSPS) is 21.4. The van der Waals surface area contributed by atoms with Gasteiger partial charge < -0.3 is 5.11 Å². The molecule has 2 aromatic carbocycles. The standard InChI is InChI=1S/C24H25ClFNO3S/c1-13-17(12-20(28)29)21(15-10-9-14(25)11-18(15)26)22-16-7-5-6-8-19(16)31-23(22)27(13)30-24(2,3)4/h5-11,13,17,21H,12H2,1-4H3,(H,28,29)/t13-,17+,21+/m0/s1. The number of carboxylic acid groups (broad SMARTS) is 1. The number of carbonyl (C=O) groups is 1. The lowest BCUT2D eigenvalue weighted by atomic mass is 9.73. The lowest BCUT2D eigenvalue weighted by molar-refractivity contribution is -0.138. The maximum atomic E-state index is 15.2. The van der Waals surface area contributed by atoms with Gasteiger partial charge in [-0.2, -0.15) is 0 Å². The Kier molecular flexibility index (Phi) is 5.75. The second-order valence-corrected chi connectivity index (χ2v) is 10.5. The molecule has 1 aliphatic rings. The van der Waals surface area contributed by atoms with Crippen LogP contribution < -0.4 is 5.06 Å². The molecule has 0 bridgehead atoms. The SMILES string of the molecule is C[C@H]1[C@@H](CC(=O)O)[C@@H](c2ccc(Cl)cc2F)c2c(sc3ccccc23)N1OC(C)(C)C. The van der Waals surface area contributed by atoms with Crippen molar-refractivity contribution in [2.24, 2.45) is 5.92 Å². The first-order valence-corrected chi connectivity index (χ1v) is 11.4. The summed E-state index contributed by atoms with van der Waals surface area (Å²) in [5, 5.41) is 13.8. The Hall–Kier alpha value is -2.15. The van der Waals surface area contributed by atoms with Crippen LogP contribution in [0.5, 0.6) is 0 Å². The van der Waals surface area contributed by atoms with E-state index >= 15 is 4.39 Å². The highest BCUT2D eigenvalue weighted by molar-refractivity contribution is 7.23. The van der Waals surface area contributed by atoms with Gasteiger partial charge in [-0.1, -0.05) is 35.9 Å². The molecule has 0 aliphatic carbocycles. The van der Waals surface area contributed by atoms with Gasteiger partial charge in [0, 0.05) is 27.1 Å². The van der Waals surface area contributed by atoms with E-state index in [2.05, 4.69) is 0 Å². The molecule has 4 nitrogen and oxygen atoms in total. The number of thiophene rings is 1. The third kappa shape index (κ3) is 4.16. The molecule has 0 spiro atoms. The zero-order valence-corrected chi connectivity index (χ0v) is 19.4. The molecule has 3 aromatic rings. The van der Waals surface area contributed by atoms with Crippen molar-refractivity contribution in [3.63, 3.8) is 0 Å². The van der Waals surface area contributed by atoms with Crippen LogP contribution >= 0.6 is 22.9 Å². The predicted octanol–water partition coefficient (Wildman–Crippen LogP) is 6.86. The summed E-state index contributed by atoms with van der Waals surface area (Å²) in [4.78, 5) is 18.2. The minimum atomic E-state index is -0.921. The number of nitrogens with zero attached hydrogens (tertiary/aromatic N) is 1. The number of hydroxylamine groups is 1. The molecule has 4 rings (SSSR count). The van der Waals surface area contributed by atoms with Gasteiger partial charge in [0.15, 0.2) is 0 Å². The van der Waals surface area contributed by atoms with E-state index in [-0.39, 0.29) is 12.5 Å². The molecule has 2 heterocycles. The zero-order chi connectivity index (χ0) is 22.5. The van der Waals surface area contributed by atoms with Crippen LogP contribution in [0.3, 0.4) is 0 Å². The van der Waals surface area contributed by atoms with Crippen molar-refractivity contribution >= 4 is 44.0 Å². The van der Waals surface area contributed by atoms with E-state index < -0.39 is 29.2 Å². The molecule has 0 unspecified atom stereocenters. The number of benzene rings is 2. The summed E-state index contributed by atoms with van der Waals surface area (Å²) >= 11 is 7.60. The van der Waals surface area contributed by atoms with Crippen LogP contribution in [-0.4, -0.2) is 22.7 Å². The van der Waals surface area contributed by atoms with Gasteiger partial charge in [-0.15, -0.1) is 11.3 Å². The van der Waals surface area contributed by atoms with Gasteiger partial charge in [0.1, 0.15) is 10.8 Å². The summed E-state index contributed by atoms with van der Waals surface area (Å²) < 4.78 is 16.2. The van der Waals surface area contributed by atoms with Crippen LogP contribution in [0.25, 0.3) is 10.1 Å². The summed E-state index contributed by atoms with van der Waals surface area (Å²) in [5.41, 5.74) is 0.895. The Balaban J connectivity index is 2.01. The van der Waals surface area contributed by atoms with Crippen molar-refractivity contribution in [2.75, 3.05) is 5.06 Å². The molecule has 31 heavy (non-hydrogen) atoms. The number of anilines is 1. The van der Waals surface area contributed by atoms with E-state index in [4.69, 9.17) is 16.4 Å². The molecule has 1 aliphatic heterocycles. The summed E-state index contributed by atoms with van der Waals surface area (Å²) in [5.74, 6) is -2.18. The van der Waals surface area contributed by atoms with Crippen LogP contribution in [0.4, 0.5) is 9.39 Å². The van der Waals surface area contributed by atoms with E-state index in [1.54, 1.807) is 23.5 Å². The number of halogens is 2. The topological polar surface area (TPSA) is 49.8 Å². The second-order valence-electron chi connectivity index (χ2n) is 8.99. The molecular formula is C24H25ClFNO3S. The zero-order valence-electron chi connectivity index (χ0n) is 17.9. The lowest BCUT2D eigenvalue weighted by Gasteiger charge is -2.45. The Morgan fingerprint density at radius 3 is 2.61 bits per heavy atom. The third-order valence-corrected chi connectivity index (χ3v) is 7.03. The van der Waals surface area contributed by atoms with Crippen molar-refractivity contribution in [3.05, 3.63) is 64.4 Å². The van der Waals surface area contributed by atoms with E-state index in [1.807, 2.05) is 57.0 Å². The van der Waals surface area contributed by atoms with Gasteiger partial charge in [0.05, 0.1) is 18.1 Å². The average Bonchev–Trinajstić information content (AvgIpc) is 3.04. The summed E-state index contributed by atoms with van der Waals surface area (Å²) in [6, 6.07) is 12.3. The predicted molar refractivity (Wildman–Crippen MR) is 124 cm³/mol. The van der Waals surface area contributed by atoms with E-state index in [9.17, 15) is 9.90 Å². The summed E-state index contributed by atoms with van der Waals surface area (Å²) in [7, 11) is 0. The van der Waals surface area contributed by atoms with Crippen molar-refractivity contribution in [3.8, 4) is 0 Å². The van der Waals surface area contributed by atoms with Gasteiger partial charge in [-0.3, -0.25) is 9.63 Å². The van der Waals surface area contributed by atoms with Gasteiger partial charge in [-0.05, 0) is 56.8 Å². The minimum absolute atomic E-state index is 0.110. The first-order chi connectivity index (χ1) is 14.6. The maximum absolute atomic E-state index is 15.2. The first kappa shape index (κ1) is 22.1. The van der Waals surface area contributed by atoms with Crippen molar-refractivity contribution in [2.45, 2.75) is 51.7 Å². The summed E-state index contributed by atoms with van der Waals surface area (Å²) in [6.45, 7) is 7.84. The van der Waals surface area contributed by atoms with Gasteiger partial charge in [0.25, 0.3) is 0 Å². The highest BCUT2D eigenvalue weighted by atomic mass is 35.5. The fourth-order valence-corrected chi connectivity index (χ4v) is 5.86. The smallest absolute Gasteiger partial charge is 0.303 e. The molecule has 0 saturated heterocycles. The fourth-order valence-electron chi connectivity index (χ4n) is 4.42. The lowest BCUT2D eigenvalue weighted by Crippen LogP contribution is -2.49. The molecule has 7 heteroatoms. The van der Waals surface area contributed by atoms with E-state index in [1.165, 1.54) is 6.07 Å². The Labute approximate surface area is 190 Å². The monoisotopic (exact) mass is 461 g/mol. The molecule has 1 aromatic heterocycles. The second kappa shape index (κ2) is 8.08. The van der Waals surface area contributed by atoms with Crippen molar-refractivity contribution < 1.29 is 19.1 Å². The molecule has 3 atom stereocenters. The average molecular weight is 462 g/mol. The largest absolute Gasteiger partial charge is 0.481 e. The molecule has 164 valence electrons. The van der Waals surface area contributed by atoms with Gasteiger partial charge in [0.2, 0.25) is 0 Å². The quantitative estimate of drug-likeness (QED) is 0.461. The van der Waals surface area contributed by atoms with Crippen LogP contribution in [0, 0.1) is 11.7 Å². The summed E-state index contributed by atoms with van der Waals surface area (Å²) in [6.07, 6.45) is -0.110. The maximum Gasteiger partial charge on any atom is 0.303 e. The first-order valence-electron chi connectivity index (χ1n) is 10.2. The van der Waals surface area contributed by atoms with Crippen molar-refractivity contribution in [1.29, 1.82) is 0 Å². The van der Waals surface area contributed by atoms with Gasteiger partial charge >= 0.3 is 5.97 Å². The molecular weight excluding hydrogens is 437 g/mol.